The first kappa shape index (κ1) is 39.0. The number of rotatable bonds is 4. The van der Waals surface area contributed by atoms with Crippen molar-refractivity contribution in [2.75, 3.05) is 0 Å². The summed E-state index contributed by atoms with van der Waals surface area (Å²) < 4.78 is 0. The first-order chi connectivity index (χ1) is 22.4. The minimum absolute atomic E-state index is 0.572. The summed E-state index contributed by atoms with van der Waals surface area (Å²) in [4.78, 5) is 0. The van der Waals surface area contributed by atoms with Crippen LogP contribution in [0.15, 0.2) is 84.9 Å². The van der Waals surface area contributed by atoms with Crippen molar-refractivity contribution in [2.45, 2.75) is 88.0 Å². The summed E-state index contributed by atoms with van der Waals surface area (Å²) in [6.07, 6.45) is 0. The third kappa shape index (κ3) is 9.38. The van der Waals surface area contributed by atoms with E-state index in [4.69, 9.17) is 17.0 Å². The van der Waals surface area contributed by atoms with Gasteiger partial charge >= 0.3 is 37.9 Å². The topological polar surface area (TPSA) is 0 Å². The van der Waals surface area contributed by atoms with Gasteiger partial charge in [-0.15, -0.1) is 55.9 Å². The normalized spacial score (nSPS) is 10.7. The van der Waals surface area contributed by atoms with Crippen LogP contribution in [0, 0.1) is 48.5 Å². The zero-order valence-electron chi connectivity index (χ0n) is 30.2. The molecule has 0 fully saturated rings. The maximum absolute atomic E-state index is 4.93. The predicted molar refractivity (Wildman–Crippen MR) is 209 cm³/mol. The summed E-state index contributed by atoms with van der Waals surface area (Å²) in [5.41, 5.74) is 16.4. The van der Waals surface area contributed by atoms with E-state index in [1.165, 1.54) is 88.3 Å². The minimum atomic E-state index is -0.826. The molecule has 0 amide bonds. The van der Waals surface area contributed by atoms with Gasteiger partial charge in [-0.25, -0.2) is 0 Å². The van der Waals surface area contributed by atoms with Crippen LogP contribution in [0.25, 0.3) is 43.8 Å². The molecule has 0 unspecified atom stereocenters. The molecular weight excluding hydrogens is 691 g/mol. The average molecular weight is 742 g/mol. The second-order valence-corrected chi connectivity index (χ2v) is 16.8. The van der Waals surface area contributed by atoms with E-state index in [0.717, 1.165) is 0 Å². The van der Waals surface area contributed by atoms with Gasteiger partial charge in [-0.1, -0.05) is 136 Å². The van der Waals surface area contributed by atoms with E-state index in [1.54, 1.807) is 6.92 Å². The van der Waals surface area contributed by atoms with E-state index in [-0.39, 0.29) is 0 Å². The Morgan fingerprint density at radius 3 is 1.11 bits per heavy atom. The summed E-state index contributed by atoms with van der Waals surface area (Å²) >= 11 is -0.826. The van der Waals surface area contributed by atoms with Crippen molar-refractivity contribution < 1.29 is 20.8 Å². The van der Waals surface area contributed by atoms with E-state index in [1.807, 2.05) is 0 Å². The van der Waals surface area contributed by atoms with Gasteiger partial charge in [-0.05, 0) is 50.7 Å². The van der Waals surface area contributed by atoms with Crippen molar-refractivity contribution in [1.82, 2.24) is 0 Å². The average Bonchev–Trinajstić information content (AvgIpc) is 3.71. The fourth-order valence-electron chi connectivity index (χ4n) is 5.97. The Labute approximate surface area is 303 Å². The number of benzene rings is 4. The van der Waals surface area contributed by atoms with Gasteiger partial charge in [0.25, 0.3) is 0 Å². The molecule has 0 bridgehead atoms. The number of aryl methyl sites for hydroxylation is 6. The number of fused-ring (bicyclic) bond motifs is 2. The molecule has 6 aromatic carbocycles. The molecule has 0 spiro atoms. The second-order valence-electron chi connectivity index (χ2n) is 13.1. The van der Waals surface area contributed by atoms with Gasteiger partial charge in [0.2, 0.25) is 0 Å². The fourth-order valence-corrected chi connectivity index (χ4v) is 5.97. The van der Waals surface area contributed by atoms with Crippen molar-refractivity contribution in [3.8, 4) is 22.3 Å². The molecule has 0 N–H and O–H groups in total. The molecule has 248 valence electrons. The van der Waals surface area contributed by atoms with E-state index < -0.39 is 20.8 Å². The van der Waals surface area contributed by atoms with Gasteiger partial charge in [0.15, 0.2) is 0 Å². The van der Waals surface area contributed by atoms with Crippen molar-refractivity contribution in [3.05, 3.63) is 136 Å². The molecule has 6 aromatic rings. The number of halogens is 2. The molecule has 0 saturated carbocycles. The van der Waals surface area contributed by atoms with Gasteiger partial charge in [0.1, 0.15) is 0 Å². The third-order valence-electron chi connectivity index (χ3n) is 9.18. The van der Waals surface area contributed by atoms with Crippen LogP contribution in [0.1, 0.15) is 91.0 Å². The third-order valence-corrected chi connectivity index (χ3v) is 9.18. The van der Waals surface area contributed by atoms with Crippen molar-refractivity contribution in [2.24, 2.45) is 0 Å². The zero-order chi connectivity index (χ0) is 35.0. The molecule has 0 heterocycles. The fraction of sp³-hybridized carbons (Fsp3) is 0.295. The molecule has 0 aromatic heterocycles. The van der Waals surface area contributed by atoms with Crippen LogP contribution in [0.4, 0.5) is 0 Å². The Hall–Kier alpha value is -2.44. The molecule has 0 aliphatic rings. The SMILES string of the molecule is Cc1ccc(-c2cc(C)c(C)c3[cH-]c(C(C)C)cc23)cc1.Cc1ccc(-c2cc(C)c(C)c3[cH-]c(C(C)C)cc23)cc1.[CH2-]C.[Cl][Zr][Cl]. The summed E-state index contributed by atoms with van der Waals surface area (Å²) in [5, 5.41) is 5.61. The molecule has 47 heavy (non-hydrogen) atoms. The van der Waals surface area contributed by atoms with E-state index >= 15 is 0 Å². The summed E-state index contributed by atoms with van der Waals surface area (Å²) in [6, 6.07) is 31.9. The van der Waals surface area contributed by atoms with Gasteiger partial charge in [0.05, 0.1) is 0 Å². The zero-order valence-corrected chi connectivity index (χ0v) is 34.2. The number of hydrogen-bond acceptors (Lipinski definition) is 0. The molecule has 0 aliphatic carbocycles. The first-order valence-corrected chi connectivity index (χ1v) is 22.9. The Morgan fingerprint density at radius 2 is 0.830 bits per heavy atom. The molecule has 0 aliphatic heterocycles. The molecule has 0 atom stereocenters. The Morgan fingerprint density at radius 1 is 0.532 bits per heavy atom. The maximum atomic E-state index is 4.93. The van der Waals surface area contributed by atoms with Crippen molar-refractivity contribution in [3.63, 3.8) is 0 Å². The molecular formula is C44H51Cl2Zr-3. The monoisotopic (exact) mass is 739 g/mol. The summed E-state index contributed by atoms with van der Waals surface area (Å²) in [7, 11) is 9.87. The molecule has 0 nitrogen and oxygen atoms in total. The molecule has 0 radical (unpaired) electrons. The van der Waals surface area contributed by atoms with Gasteiger partial charge in [0, 0.05) is 0 Å². The van der Waals surface area contributed by atoms with Crippen LogP contribution < -0.4 is 0 Å². The van der Waals surface area contributed by atoms with Crippen LogP contribution >= 0.6 is 17.0 Å². The predicted octanol–water partition coefficient (Wildman–Crippen LogP) is 14.8. The van der Waals surface area contributed by atoms with Crippen LogP contribution in [-0.4, -0.2) is 0 Å². The van der Waals surface area contributed by atoms with E-state index in [9.17, 15) is 0 Å². The van der Waals surface area contributed by atoms with Crippen molar-refractivity contribution >= 4 is 38.6 Å². The van der Waals surface area contributed by atoms with Crippen LogP contribution in [-0.2, 0) is 20.8 Å². The quantitative estimate of drug-likeness (QED) is 0.158. The van der Waals surface area contributed by atoms with Gasteiger partial charge < -0.3 is 6.92 Å². The van der Waals surface area contributed by atoms with Crippen LogP contribution in [0.3, 0.4) is 0 Å². The van der Waals surface area contributed by atoms with E-state index in [0.29, 0.717) is 11.8 Å². The Balaban J connectivity index is 0.000000225. The van der Waals surface area contributed by atoms with Crippen LogP contribution in [0.5, 0.6) is 0 Å². The Bertz CT molecular complexity index is 1740. The van der Waals surface area contributed by atoms with E-state index in [2.05, 4.69) is 161 Å². The number of hydrogen-bond donors (Lipinski definition) is 0. The van der Waals surface area contributed by atoms with Crippen molar-refractivity contribution in [1.29, 1.82) is 0 Å². The summed E-state index contributed by atoms with van der Waals surface area (Å²) in [5.74, 6) is 1.14. The molecule has 6 rings (SSSR count). The summed E-state index contributed by atoms with van der Waals surface area (Å²) in [6.45, 7) is 27.2. The standard InChI is InChI=1S/2C21H23.C2H5.2ClH.Zr/c2*1-13(2)18-11-19-16(5)15(4)10-20(21(19)12-18)17-8-6-14(3)7-9-17;1-2;;;/h2*6-13H,1-5H3;1H2,2H3;2*1H;/q3*-1;;;+2/p-2. The van der Waals surface area contributed by atoms with Crippen LogP contribution in [0.2, 0.25) is 0 Å². The van der Waals surface area contributed by atoms with Gasteiger partial charge in [-0.2, -0.15) is 19.1 Å². The molecule has 3 heteroatoms. The van der Waals surface area contributed by atoms with Gasteiger partial charge in [-0.3, -0.25) is 0 Å². The Kier molecular flexibility index (Phi) is 14.8. The first-order valence-electron chi connectivity index (χ1n) is 16.6. The molecule has 0 saturated heterocycles. The second kappa shape index (κ2) is 17.8.